The lowest BCUT2D eigenvalue weighted by Gasteiger charge is -2.19. The van der Waals surface area contributed by atoms with Crippen molar-refractivity contribution < 1.29 is 0 Å². The molecular weight excluding hydrogens is 306 g/mol. The van der Waals surface area contributed by atoms with Gasteiger partial charge in [0.15, 0.2) is 0 Å². The number of anilines is 1. The second kappa shape index (κ2) is 6.91. The number of hydrogen-bond donors (Lipinski definition) is 2. The molecular formula is C22H31N3. The van der Waals surface area contributed by atoms with Gasteiger partial charge in [-0.05, 0) is 46.6 Å². The van der Waals surface area contributed by atoms with Crippen LogP contribution in [0.25, 0.3) is 10.9 Å². The van der Waals surface area contributed by atoms with Crippen molar-refractivity contribution in [2.45, 2.75) is 59.3 Å². The molecule has 0 aliphatic rings. The Bertz CT molecular complexity index is 846. The van der Waals surface area contributed by atoms with Crippen LogP contribution in [0.3, 0.4) is 0 Å². The summed E-state index contributed by atoms with van der Waals surface area (Å²) in [4.78, 5) is 0. The molecule has 134 valence electrons. The van der Waals surface area contributed by atoms with Crippen LogP contribution in [0.5, 0.6) is 0 Å². The molecule has 3 heteroatoms. The quantitative estimate of drug-likeness (QED) is 0.514. The van der Waals surface area contributed by atoms with Gasteiger partial charge >= 0.3 is 0 Å². The lowest BCUT2D eigenvalue weighted by atomic mass is 9.86. The average molecular weight is 338 g/mol. The number of benzene rings is 2. The van der Waals surface area contributed by atoms with Crippen LogP contribution in [0.1, 0.15) is 58.2 Å². The fraction of sp³-hybridized carbons (Fsp3) is 0.409. The second-order valence-electron chi connectivity index (χ2n) is 8.74. The van der Waals surface area contributed by atoms with Gasteiger partial charge in [0.05, 0.1) is 11.7 Å². The van der Waals surface area contributed by atoms with Crippen LogP contribution < -0.4 is 5.73 Å². The third-order valence-corrected chi connectivity index (χ3v) is 4.45. The van der Waals surface area contributed by atoms with Gasteiger partial charge in [0, 0.05) is 11.1 Å². The number of nitrogen functional groups attached to an aromatic ring is 1. The van der Waals surface area contributed by atoms with Crippen molar-refractivity contribution in [3.8, 4) is 0 Å². The summed E-state index contributed by atoms with van der Waals surface area (Å²) in [5, 5.41) is 8.16. The number of rotatable bonds is 0. The van der Waals surface area contributed by atoms with Crippen molar-refractivity contribution in [3.63, 3.8) is 0 Å². The van der Waals surface area contributed by atoms with Crippen LogP contribution in [0.15, 0.2) is 42.6 Å². The molecule has 3 N–H and O–H groups in total. The Kier molecular flexibility index (Phi) is 5.26. The number of fused-ring (bicyclic) bond motifs is 1. The highest BCUT2D eigenvalue weighted by atomic mass is 15.1. The molecule has 0 spiro atoms. The number of nitrogens with two attached hydrogens (primary N) is 1. The van der Waals surface area contributed by atoms with E-state index in [-0.39, 0.29) is 10.8 Å². The molecule has 3 rings (SSSR count). The summed E-state index contributed by atoms with van der Waals surface area (Å²) in [6.45, 7) is 15.2. The van der Waals surface area contributed by atoms with E-state index in [2.05, 4.69) is 88.1 Å². The normalized spacial score (nSPS) is 12.0. The van der Waals surface area contributed by atoms with E-state index < -0.39 is 0 Å². The molecule has 0 unspecified atom stereocenters. The van der Waals surface area contributed by atoms with Crippen LogP contribution >= 0.6 is 0 Å². The zero-order chi connectivity index (χ0) is 18.8. The lowest BCUT2D eigenvalue weighted by Crippen LogP contribution is -2.11. The van der Waals surface area contributed by atoms with E-state index >= 15 is 0 Å². The van der Waals surface area contributed by atoms with E-state index in [4.69, 9.17) is 5.73 Å². The van der Waals surface area contributed by atoms with Gasteiger partial charge in [-0.3, -0.25) is 5.10 Å². The fourth-order valence-electron chi connectivity index (χ4n) is 2.51. The number of aryl methyl sites for hydroxylation is 1. The smallest absolute Gasteiger partial charge is 0.0653 e. The third kappa shape index (κ3) is 4.85. The molecule has 1 heterocycles. The predicted octanol–water partition coefficient (Wildman–Crippen LogP) is 5.74. The number of aromatic nitrogens is 2. The van der Waals surface area contributed by atoms with Gasteiger partial charge in [-0.2, -0.15) is 5.10 Å². The highest BCUT2D eigenvalue weighted by Gasteiger charge is 2.14. The monoisotopic (exact) mass is 337 g/mol. The number of nitrogens with zero attached hydrogens (tertiary/aromatic N) is 1. The SMILES string of the molecule is CC(C)(C)c1ccc2cn[nH]c2c1.Cc1ccc(C(C)(C)C)cc1N. The molecule has 0 aliphatic heterocycles. The highest BCUT2D eigenvalue weighted by Crippen LogP contribution is 2.25. The van der Waals surface area contributed by atoms with E-state index in [0.29, 0.717) is 0 Å². The van der Waals surface area contributed by atoms with Gasteiger partial charge in [-0.15, -0.1) is 0 Å². The zero-order valence-electron chi connectivity index (χ0n) is 16.6. The minimum Gasteiger partial charge on any atom is -0.399 e. The minimum absolute atomic E-state index is 0.196. The summed E-state index contributed by atoms with van der Waals surface area (Å²) in [6, 6.07) is 12.7. The molecule has 2 aromatic carbocycles. The molecule has 3 aromatic rings. The van der Waals surface area contributed by atoms with Crippen molar-refractivity contribution >= 4 is 16.6 Å². The first-order valence-electron chi connectivity index (χ1n) is 8.79. The molecule has 0 atom stereocenters. The van der Waals surface area contributed by atoms with E-state index in [1.165, 1.54) is 16.5 Å². The highest BCUT2D eigenvalue weighted by molar-refractivity contribution is 5.78. The maximum Gasteiger partial charge on any atom is 0.0653 e. The van der Waals surface area contributed by atoms with Crippen LogP contribution in [0.2, 0.25) is 0 Å². The Morgan fingerprint density at radius 1 is 0.840 bits per heavy atom. The molecule has 25 heavy (non-hydrogen) atoms. The van der Waals surface area contributed by atoms with E-state index in [1.807, 2.05) is 13.1 Å². The van der Waals surface area contributed by atoms with Crippen LogP contribution in [0, 0.1) is 6.92 Å². The summed E-state index contributed by atoms with van der Waals surface area (Å²) in [7, 11) is 0. The Balaban J connectivity index is 0.000000181. The second-order valence-corrected chi connectivity index (χ2v) is 8.74. The van der Waals surface area contributed by atoms with E-state index in [9.17, 15) is 0 Å². The molecule has 0 aliphatic carbocycles. The number of aromatic amines is 1. The zero-order valence-corrected chi connectivity index (χ0v) is 16.6. The van der Waals surface area contributed by atoms with Crippen molar-refractivity contribution in [3.05, 3.63) is 59.3 Å². The van der Waals surface area contributed by atoms with E-state index in [0.717, 1.165) is 16.8 Å². The first kappa shape index (κ1) is 19.0. The maximum atomic E-state index is 5.82. The van der Waals surface area contributed by atoms with Gasteiger partial charge in [0.25, 0.3) is 0 Å². The minimum atomic E-state index is 0.196. The van der Waals surface area contributed by atoms with Crippen LogP contribution in [-0.2, 0) is 10.8 Å². The van der Waals surface area contributed by atoms with Crippen LogP contribution in [0.4, 0.5) is 5.69 Å². The van der Waals surface area contributed by atoms with Crippen molar-refractivity contribution in [2.75, 3.05) is 5.73 Å². The molecule has 0 saturated carbocycles. The Morgan fingerprint density at radius 3 is 1.96 bits per heavy atom. The Morgan fingerprint density at radius 2 is 1.40 bits per heavy atom. The van der Waals surface area contributed by atoms with Crippen LogP contribution in [-0.4, -0.2) is 10.2 Å². The summed E-state index contributed by atoms with van der Waals surface area (Å²) >= 11 is 0. The first-order valence-corrected chi connectivity index (χ1v) is 8.79. The molecule has 0 bridgehead atoms. The summed E-state index contributed by atoms with van der Waals surface area (Å²) in [6.07, 6.45) is 1.85. The molecule has 1 aromatic heterocycles. The predicted molar refractivity (Wildman–Crippen MR) is 109 cm³/mol. The Labute approximate surface area is 151 Å². The summed E-state index contributed by atoms with van der Waals surface area (Å²) in [5.41, 5.74) is 12.0. The average Bonchev–Trinajstić information content (AvgIpc) is 2.96. The number of hydrogen-bond acceptors (Lipinski definition) is 2. The molecule has 0 fully saturated rings. The van der Waals surface area contributed by atoms with Crippen molar-refractivity contribution in [1.82, 2.24) is 10.2 Å². The van der Waals surface area contributed by atoms with Gasteiger partial charge in [0.1, 0.15) is 0 Å². The van der Waals surface area contributed by atoms with E-state index in [1.54, 1.807) is 0 Å². The summed E-state index contributed by atoms with van der Waals surface area (Å²) < 4.78 is 0. The largest absolute Gasteiger partial charge is 0.399 e. The maximum absolute atomic E-state index is 5.82. The molecule has 0 amide bonds. The fourth-order valence-corrected chi connectivity index (χ4v) is 2.51. The summed E-state index contributed by atoms with van der Waals surface area (Å²) in [5.74, 6) is 0. The third-order valence-electron chi connectivity index (χ3n) is 4.45. The van der Waals surface area contributed by atoms with Gasteiger partial charge in [-0.1, -0.05) is 65.8 Å². The standard InChI is InChI=1S/C11H14N2.C11H17N/c1-11(2,3)9-5-4-8-7-12-13-10(8)6-9;1-8-5-6-9(7-10(8)12)11(2,3)4/h4-7H,1-3H3,(H,12,13);5-7H,12H2,1-4H3. The Hall–Kier alpha value is -2.29. The number of nitrogens with one attached hydrogen (secondary N) is 1. The first-order chi connectivity index (χ1) is 11.5. The molecule has 0 radical (unpaired) electrons. The number of H-pyrrole nitrogens is 1. The van der Waals surface area contributed by atoms with Gasteiger partial charge < -0.3 is 5.73 Å². The van der Waals surface area contributed by atoms with Gasteiger partial charge in [0.2, 0.25) is 0 Å². The molecule has 0 saturated heterocycles. The van der Waals surface area contributed by atoms with Gasteiger partial charge in [-0.25, -0.2) is 0 Å². The van der Waals surface area contributed by atoms with Crippen molar-refractivity contribution in [2.24, 2.45) is 0 Å². The topological polar surface area (TPSA) is 54.7 Å². The van der Waals surface area contributed by atoms with Crippen molar-refractivity contribution in [1.29, 1.82) is 0 Å². The molecule has 3 nitrogen and oxygen atoms in total. The lowest BCUT2D eigenvalue weighted by molar-refractivity contribution is 0.590.